The number of hydrogen-bond acceptors (Lipinski definition) is 7. The molecule has 5 rings (SSSR count). The van der Waals surface area contributed by atoms with Crippen molar-refractivity contribution in [2.75, 3.05) is 19.2 Å². The van der Waals surface area contributed by atoms with Crippen LogP contribution in [0.1, 0.15) is 27.0 Å². The summed E-state index contributed by atoms with van der Waals surface area (Å²) in [6.07, 6.45) is 1.58. The lowest BCUT2D eigenvalue weighted by Crippen LogP contribution is -2.27. The van der Waals surface area contributed by atoms with E-state index in [-0.39, 0.29) is 17.0 Å². The van der Waals surface area contributed by atoms with Crippen LogP contribution in [-0.4, -0.2) is 44.0 Å². The van der Waals surface area contributed by atoms with Crippen molar-refractivity contribution in [2.24, 2.45) is 5.10 Å². The van der Waals surface area contributed by atoms with E-state index in [0.29, 0.717) is 10.9 Å². The van der Waals surface area contributed by atoms with E-state index in [0.717, 1.165) is 26.9 Å². The number of amides is 1. The van der Waals surface area contributed by atoms with Crippen molar-refractivity contribution in [3.63, 3.8) is 0 Å². The number of thiazole rings is 1. The van der Waals surface area contributed by atoms with Crippen LogP contribution in [0.25, 0.3) is 10.2 Å². The molecular formula is C31H28N4O4S2. The molecule has 0 bridgehead atoms. The summed E-state index contributed by atoms with van der Waals surface area (Å²) in [6, 6.07) is 28.4. The van der Waals surface area contributed by atoms with E-state index in [4.69, 9.17) is 4.74 Å². The number of anilines is 1. The summed E-state index contributed by atoms with van der Waals surface area (Å²) in [5.74, 6) is 0.271. The molecule has 0 saturated heterocycles. The van der Waals surface area contributed by atoms with Gasteiger partial charge in [-0.2, -0.15) is 14.4 Å². The maximum Gasteiger partial charge on any atom is 0.280 e. The number of rotatable bonds is 9. The number of carbonyl (C=O) groups excluding carboxylic acids is 1. The fourth-order valence-electron chi connectivity index (χ4n) is 4.11. The Morgan fingerprint density at radius 3 is 2.37 bits per heavy atom. The number of sulfonamides is 1. The van der Waals surface area contributed by atoms with Crippen molar-refractivity contribution in [1.82, 2.24) is 9.29 Å². The Morgan fingerprint density at radius 1 is 0.976 bits per heavy atom. The number of hydrazone groups is 1. The molecule has 0 atom stereocenters. The van der Waals surface area contributed by atoms with Crippen molar-refractivity contribution < 1.29 is 17.9 Å². The predicted octanol–water partition coefficient (Wildman–Crippen LogP) is 6.11. The van der Waals surface area contributed by atoms with Crippen LogP contribution in [0.5, 0.6) is 5.75 Å². The lowest BCUT2D eigenvalue weighted by molar-refractivity contribution is 0.0987. The molecule has 1 aromatic heterocycles. The molecule has 0 radical (unpaired) electrons. The van der Waals surface area contributed by atoms with Gasteiger partial charge in [-0.25, -0.2) is 13.4 Å². The first kappa shape index (κ1) is 28.2. The van der Waals surface area contributed by atoms with E-state index in [1.165, 1.54) is 52.0 Å². The minimum Gasteiger partial charge on any atom is -0.497 e. The Kier molecular flexibility index (Phi) is 8.25. The third-order valence-electron chi connectivity index (χ3n) is 6.40. The van der Waals surface area contributed by atoms with Crippen LogP contribution >= 0.6 is 11.3 Å². The number of nitrogens with zero attached hydrogens (tertiary/aromatic N) is 4. The number of fused-ring (bicyclic) bond motifs is 1. The second kappa shape index (κ2) is 12.0. The van der Waals surface area contributed by atoms with Gasteiger partial charge >= 0.3 is 0 Å². The Morgan fingerprint density at radius 2 is 1.68 bits per heavy atom. The highest BCUT2D eigenvalue weighted by atomic mass is 32.2. The van der Waals surface area contributed by atoms with E-state index in [9.17, 15) is 13.2 Å². The van der Waals surface area contributed by atoms with E-state index in [2.05, 4.69) is 10.1 Å². The first-order valence-corrected chi connectivity index (χ1v) is 15.0. The minimum absolute atomic E-state index is 0.0937. The standard InChI is InChI=1S/C31H28N4O4S2/c1-22-9-18-28-29(19-22)40-31(33-28)35(32-20-23-10-14-26(39-3)15-11-23)30(36)25-12-16-27(17-13-25)41(37,38)34(2)21-24-7-5-4-6-8-24/h4-20H,21H2,1-3H3/b32-20+. The van der Waals surface area contributed by atoms with Gasteiger partial charge in [-0.05, 0) is 84.3 Å². The van der Waals surface area contributed by atoms with Crippen LogP contribution in [0, 0.1) is 6.92 Å². The van der Waals surface area contributed by atoms with Gasteiger partial charge in [0.2, 0.25) is 15.2 Å². The number of aryl methyl sites for hydroxylation is 1. The normalized spacial score (nSPS) is 11.8. The maximum atomic E-state index is 13.7. The molecule has 0 spiro atoms. The summed E-state index contributed by atoms with van der Waals surface area (Å²) < 4.78 is 33.8. The highest BCUT2D eigenvalue weighted by Gasteiger charge is 2.24. The summed E-state index contributed by atoms with van der Waals surface area (Å²) in [5.41, 5.74) is 3.76. The minimum atomic E-state index is -3.77. The first-order chi connectivity index (χ1) is 19.7. The molecule has 10 heteroatoms. The van der Waals surface area contributed by atoms with Crippen LogP contribution in [0.4, 0.5) is 5.13 Å². The predicted molar refractivity (Wildman–Crippen MR) is 163 cm³/mol. The third-order valence-corrected chi connectivity index (χ3v) is 9.21. The zero-order chi connectivity index (χ0) is 29.0. The van der Waals surface area contributed by atoms with Gasteiger partial charge in [0, 0.05) is 19.2 Å². The van der Waals surface area contributed by atoms with Gasteiger partial charge in [-0.1, -0.05) is 47.7 Å². The number of benzene rings is 4. The van der Waals surface area contributed by atoms with Crippen molar-refractivity contribution in [1.29, 1.82) is 0 Å². The SMILES string of the molecule is COc1ccc(/C=N/N(C(=O)c2ccc(S(=O)(=O)N(C)Cc3ccccc3)cc2)c2nc3ccc(C)cc3s2)cc1. The summed E-state index contributed by atoms with van der Waals surface area (Å²) in [5, 5.41) is 6.15. The van der Waals surface area contributed by atoms with Crippen molar-refractivity contribution >= 4 is 48.8 Å². The van der Waals surface area contributed by atoms with E-state index < -0.39 is 15.9 Å². The summed E-state index contributed by atoms with van der Waals surface area (Å²) in [4.78, 5) is 18.5. The van der Waals surface area contributed by atoms with E-state index in [1.807, 2.05) is 79.7 Å². The summed E-state index contributed by atoms with van der Waals surface area (Å²) in [7, 11) is -0.640. The molecule has 0 aliphatic rings. The molecule has 41 heavy (non-hydrogen) atoms. The maximum absolute atomic E-state index is 13.7. The zero-order valence-electron chi connectivity index (χ0n) is 22.8. The number of ether oxygens (including phenoxy) is 1. The second-order valence-corrected chi connectivity index (χ2v) is 12.4. The third kappa shape index (κ3) is 6.35. The number of aromatic nitrogens is 1. The van der Waals surface area contributed by atoms with Gasteiger partial charge in [0.1, 0.15) is 5.75 Å². The highest BCUT2D eigenvalue weighted by molar-refractivity contribution is 7.89. The van der Waals surface area contributed by atoms with E-state index >= 15 is 0 Å². The molecule has 0 aliphatic carbocycles. The van der Waals surface area contributed by atoms with Crippen molar-refractivity contribution in [2.45, 2.75) is 18.4 Å². The van der Waals surface area contributed by atoms with Gasteiger partial charge in [0.25, 0.3) is 5.91 Å². The topological polar surface area (TPSA) is 92.2 Å². The summed E-state index contributed by atoms with van der Waals surface area (Å²) >= 11 is 1.35. The molecule has 8 nitrogen and oxygen atoms in total. The molecule has 1 amide bonds. The van der Waals surface area contributed by atoms with Crippen molar-refractivity contribution in [3.05, 3.63) is 119 Å². The molecule has 208 valence electrons. The van der Waals surface area contributed by atoms with Crippen LogP contribution in [-0.2, 0) is 16.6 Å². The Labute approximate surface area is 243 Å². The molecule has 0 unspecified atom stereocenters. The molecule has 1 heterocycles. The molecule has 0 N–H and O–H groups in total. The quantitative estimate of drug-likeness (QED) is 0.154. The van der Waals surface area contributed by atoms with Gasteiger partial charge < -0.3 is 4.74 Å². The molecule has 0 saturated carbocycles. The molecule has 5 aromatic rings. The average Bonchev–Trinajstić information content (AvgIpc) is 3.40. The monoisotopic (exact) mass is 584 g/mol. The summed E-state index contributed by atoms with van der Waals surface area (Å²) in [6.45, 7) is 2.23. The van der Waals surface area contributed by atoms with Crippen molar-refractivity contribution in [3.8, 4) is 5.75 Å². The Bertz CT molecular complexity index is 1800. The van der Waals surface area contributed by atoms with Crippen LogP contribution in [0.3, 0.4) is 0 Å². The van der Waals surface area contributed by atoms with Crippen LogP contribution in [0.2, 0.25) is 0 Å². The highest BCUT2D eigenvalue weighted by Crippen LogP contribution is 2.31. The lowest BCUT2D eigenvalue weighted by atomic mass is 10.2. The number of hydrogen-bond donors (Lipinski definition) is 0. The average molecular weight is 585 g/mol. The van der Waals surface area contributed by atoms with Crippen LogP contribution < -0.4 is 9.75 Å². The smallest absolute Gasteiger partial charge is 0.280 e. The Hall–Kier alpha value is -4.38. The lowest BCUT2D eigenvalue weighted by Gasteiger charge is -2.18. The van der Waals surface area contributed by atoms with Gasteiger partial charge in [-0.3, -0.25) is 4.79 Å². The number of carbonyl (C=O) groups is 1. The molecular weight excluding hydrogens is 556 g/mol. The zero-order valence-corrected chi connectivity index (χ0v) is 24.4. The molecule has 4 aromatic carbocycles. The van der Waals surface area contributed by atoms with Gasteiger partial charge in [0.15, 0.2) is 0 Å². The second-order valence-electron chi connectivity index (χ2n) is 9.37. The number of methoxy groups -OCH3 is 1. The molecule has 0 fully saturated rings. The fraction of sp³-hybridized carbons (Fsp3) is 0.129. The fourth-order valence-corrected chi connectivity index (χ4v) is 6.29. The van der Waals surface area contributed by atoms with Gasteiger partial charge in [-0.15, -0.1) is 0 Å². The molecule has 0 aliphatic heterocycles. The van der Waals surface area contributed by atoms with Gasteiger partial charge in [0.05, 0.1) is 28.4 Å². The first-order valence-electron chi connectivity index (χ1n) is 12.7. The van der Waals surface area contributed by atoms with Crippen LogP contribution in [0.15, 0.2) is 107 Å². The Balaban J connectivity index is 1.44. The van der Waals surface area contributed by atoms with E-state index in [1.54, 1.807) is 13.3 Å². The largest absolute Gasteiger partial charge is 0.497 e.